The van der Waals surface area contributed by atoms with Gasteiger partial charge in [0.25, 0.3) is 5.91 Å². The van der Waals surface area contributed by atoms with Crippen LogP contribution in [0.3, 0.4) is 0 Å². The summed E-state index contributed by atoms with van der Waals surface area (Å²) in [5, 5.41) is 0.293. The van der Waals surface area contributed by atoms with Crippen LogP contribution in [0.4, 0.5) is 5.69 Å². The Bertz CT molecular complexity index is 511. The highest BCUT2D eigenvalue weighted by Gasteiger charge is 2.24. The predicted molar refractivity (Wildman–Crippen MR) is 74.0 cm³/mol. The van der Waals surface area contributed by atoms with Gasteiger partial charge in [-0.05, 0) is 12.1 Å². The molecule has 2 N–H and O–H groups in total. The number of piperazine rings is 1. The van der Waals surface area contributed by atoms with Gasteiger partial charge < -0.3 is 15.5 Å². The first-order valence-electron chi connectivity index (χ1n) is 6.09. The van der Waals surface area contributed by atoms with Gasteiger partial charge in [0.15, 0.2) is 0 Å². The number of nitrogens with zero attached hydrogens (tertiary/aromatic N) is 2. The Morgan fingerprint density at radius 3 is 2.32 bits per heavy atom. The number of rotatable bonds is 1. The monoisotopic (exact) mass is 281 g/mol. The van der Waals surface area contributed by atoms with Crippen molar-refractivity contribution in [1.82, 2.24) is 9.80 Å². The molecule has 2 rings (SSSR count). The molecule has 1 aromatic rings. The molecule has 1 saturated heterocycles. The third-order valence-corrected chi connectivity index (χ3v) is 3.69. The molecule has 6 heteroatoms. The number of amides is 2. The Hall–Kier alpha value is -1.75. The van der Waals surface area contributed by atoms with Crippen LogP contribution in [-0.4, -0.2) is 47.8 Å². The Balaban J connectivity index is 2.09. The van der Waals surface area contributed by atoms with Crippen LogP contribution in [0.25, 0.3) is 0 Å². The number of carbonyl (C=O) groups is 2. The van der Waals surface area contributed by atoms with Crippen LogP contribution in [0.2, 0.25) is 5.02 Å². The molecule has 0 saturated carbocycles. The van der Waals surface area contributed by atoms with E-state index in [0.29, 0.717) is 42.5 Å². The Morgan fingerprint density at radius 1 is 1.16 bits per heavy atom. The number of hydrogen-bond donors (Lipinski definition) is 1. The fourth-order valence-corrected chi connectivity index (χ4v) is 2.32. The summed E-state index contributed by atoms with van der Waals surface area (Å²) >= 11 is 6.05. The fraction of sp³-hybridized carbons (Fsp3) is 0.385. The molecule has 1 aliphatic rings. The van der Waals surface area contributed by atoms with Gasteiger partial charge in [0, 0.05) is 33.1 Å². The summed E-state index contributed by atoms with van der Waals surface area (Å²) in [4.78, 5) is 27.0. The molecule has 102 valence electrons. The minimum atomic E-state index is -0.138. The van der Waals surface area contributed by atoms with Gasteiger partial charge in [0.2, 0.25) is 5.91 Å². The van der Waals surface area contributed by atoms with Gasteiger partial charge in [-0.3, -0.25) is 9.59 Å². The normalized spacial score (nSPS) is 15.5. The molecule has 0 unspecified atom stereocenters. The van der Waals surface area contributed by atoms with Crippen molar-refractivity contribution in [2.75, 3.05) is 31.9 Å². The highest BCUT2D eigenvalue weighted by atomic mass is 35.5. The van der Waals surface area contributed by atoms with E-state index in [2.05, 4.69) is 0 Å². The van der Waals surface area contributed by atoms with Crippen molar-refractivity contribution in [3.8, 4) is 0 Å². The topological polar surface area (TPSA) is 66.6 Å². The minimum Gasteiger partial charge on any atom is -0.398 e. The molecule has 19 heavy (non-hydrogen) atoms. The Morgan fingerprint density at radius 2 is 1.74 bits per heavy atom. The molecule has 0 aliphatic carbocycles. The first-order chi connectivity index (χ1) is 9.00. The number of nitrogen functional groups attached to an aromatic ring is 1. The van der Waals surface area contributed by atoms with Gasteiger partial charge in [-0.15, -0.1) is 0 Å². The van der Waals surface area contributed by atoms with Crippen LogP contribution in [0, 0.1) is 0 Å². The van der Waals surface area contributed by atoms with Crippen LogP contribution in [0.15, 0.2) is 18.2 Å². The molecule has 0 aromatic heterocycles. The average Bonchev–Trinajstić information content (AvgIpc) is 2.41. The van der Waals surface area contributed by atoms with Crippen molar-refractivity contribution in [2.45, 2.75) is 6.92 Å². The van der Waals surface area contributed by atoms with E-state index in [1.165, 1.54) is 6.92 Å². The van der Waals surface area contributed by atoms with Gasteiger partial charge >= 0.3 is 0 Å². The minimum absolute atomic E-state index is 0.0362. The van der Waals surface area contributed by atoms with E-state index in [0.717, 1.165) is 0 Å². The lowest BCUT2D eigenvalue weighted by Gasteiger charge is -2.34. The van der Waals surface area contributed by atoms with Crippen LogP contribution in [-0.2, 0) is 4.79 Å². The molecule has 1 aromatic carbocycles. The van der Waals surface area contributed by atoms with Gasteiger partial charge in [-0.2, -0.15) is 0 Å². The van der Waals surface area contributed by atoms with Crippen molar-refractivity contribution >= 4 is 29.1 Å². The van der Waals surface area contributed by atoms with E-state index in [-0.39, 0.29) is 11.8 Å². The molecule has 0 atom stereocenters. The van der Waals surface area contributed by atoms with E-state index in [9.17, 15) is 9.59 Å². The first-order valence-corrected chi connectivity index (χ1v) is 6.47. The van der Waals surface area contributed by atoms with Crippen molar-refractivity contribution < 1.29 is 9.59 Å². The SMILES string of the molecule is CC(=O)N1CCN(C(=O)c2cccc(N)c2Cl)CC1. The van der Waals surface area contributed by atoms with E-state index in [1.807, 2.05) is 0 Å². The van der Waals surface area contributed by atoms with E-state index in [1.54, 1.807) is 28.0 Å². The zero-order valence-corrected chi connectivity index (χ0v) is 11.5. The third kappa shape index (κ3) is 2.81. The quantitative estimate of drug-likeness (QED) is 0.787. The summed E-state index contributed by atoms with van der Waals surface area (Å²) < 4.78 is 0. The number of nitrogens with two attached hydrogens (primary N) is 1. The van der Waals surface area contributed by atoms with Gasteiger partial charge in [0.05, 0.1) is 16.3 Å². The van der Waals surface area contributed by atoms with Crippen LogP contribution < -0.4 is 5.73 Å². The summed E-state index contributed by atoms with van der Waals surface area (Å²) in [7, 11) is 0. The van der Waals surface area contributed by atoms with Crippen LogP contribution in [0.1, 0.15) is 17.3 Å². The molecular formula is C13H16ClN3O2. The predicted octanol–water partition coefficient (Wildman–Crippen LogP) is 1.23. The highest BCUT2D eigenvalue weighted by Crippen LogP contribution is 2.24. The lowest BCUT2D eigenvalue weighted by molar-refractivity contribution is -0.130. The van der Waals surface area contributed by atoms with Crippen LogP contribution >= 0.6 is 11.6 Å². The number of carbonyl (C=O) groups excluding carboxylic acids is 2. The Kier molecular flexibility index (Phi) is 3.95. The number of benzene rings is 1. The standard InChI is InChI=1S/C13H16ClN3O2/c1-9(18)16-5-7-17(8-6-16)13(19)10-3-2-4-11(15)12(10)14/h2-4H,5-8,15H2,1H3. The highest BCUT2D eigenvalue weighted by molar-refractivity contribution is 6.36. The second kappa shape index (κ2) is 5.48. The second-order valence-electron chi connectivity index (χ2n) is 4.51. The molecule has 0 bridgehead atoms. The zero-order chi connectivity index (χ0) is 14.0. The molecule has 1 aliphatic heterocycles. The summed E-state index contributed by atoms with van der Waals surface area (Å²) in [5.74, 6) is -0.102. The van der Waals surface area contributed by atoms with E-state index >= 15 is 0 Å². The number of hydrogen-bond acceptors (Lipinski definition) is 3. The fourth-order valence-electron chi connectivity index (χ4n) is 2.11. The summed E-state index contributed by atoms with van der Waals surface area (Å²) in [6.07, 6.45) is 0. The molecule has 0 spiro atoms. The zero-order valence-electron chi connectivity index (χ0n) is 10.7. The van der Waals surface area contributed by atoms with Gasteiger partial charge in [-0.1, -0.05) is 17.7 Å². The maximum atomic E-state index is 12.3. The van der Waals surface area contributed by atoms with Crippen molar-refractivity contribution in [3.63, 3.8) is 0 Å². The lowest BCUT2D eigenvalue weighted by Crippen LogP contribution is -2.50. The molecule has 0 radical (unpaired) electrons. The third-order valence-electron chi connectivity index (χ3n) is 3.27. The Labute approximate surface area is 116 Å². The van der Waals surface area contributed by atoms with Gasteiger partial charge in [0.1, 0.15) is 0 Å². The molecular weight excluding hydrogens is 266 g/mol. The van der Waals surface area contributed by atoms with Crippen molar-refractivity contribution in [3.05, 3.63) is 28.8 Å². The summed E-state index contributed by atoms with van der Waals surface area (Å²) in [6, 6.07) is 5.03. The summed E-state index contributed by atoms with van der Waals surface area (Å²) in [5.41, 5.74) is 6.51. The van der Waals surface area contributed by atoms with E-state index in [4.69, 9.17) is 17.3 Å². The van der Waals surface area contributed by atoms with Gasteiger partial charge in [-0.25, -0.2) is 0 Å². The van der Waals surface area contributed by atoms with Crippen molar-refractivity contribution in [1.29, 1.82) is 0 Å². The molecule has 1 fully saturated rings. The lowest BCUT2D eigenvalue weighted by atomic mass is 10.1. The molecule has 5 nitrogen and oxygen atoms in total. The van der Waals surface area contributed by atoms with Crippen molar-refractivity contribution in [2.24, 2.45) is 0 Å². The molecule has 2 amide bonds. The number of anilines is 1. The van der Waals surface area contributed by atoms with Crippen LogP contribution in [0.5, 0.6) is 0 Å². The smallest absolute Gasteiger partial charge is 0.255 e. The van der Waals surface area contributed by atoms with E-state index < -0.39 is 0 Å². The maximum absolute atomic E-state index is 12.3. The largest absolute Gasteiger partial charge is 0.398 e. The average molecular weight is 282 g/mol. The summed E-state index contributed by atoms with van der Waals surface area (Å²) in [6.45, 7) is 3.68. The first kappa shape index (κ1) is 13.7. The maximum Gasteiger partial charge on any atom is 0.255 e. The molecule has 1 heterocycles. The number of halogens is 1. The second-order valence-corrected chi connectivity index (χ2v) is 4.89.